The molecule has 7 heteroatoms. The number of hydrogen-bond donors (Lipinski definition) is 1. The van der Waals surface area contributed by atoms with Gasteiger partial charge in [-0.1, -0.05) is 84.9 Å². The third-order valence-corrected chi connectivity index (χ3v) is 5.73. The second kappa shape index (κ2) is 11.0. The Morgan fingerprint density at radius 3 is 2.27 bits per heavy atom. The maximum absolute atomic E-state index is 13.5. The number of hydrogen-bond acceptors (Lipinski definition) is 5. The average Bonchev–Trinajstić information content (AvgIpc) is 2.96. The van der Waals surface area contributed by atoms with Gasteiger partial charge in [0.15, 0.2) is 0 Å². The molecule has 1 aromatic heterocycles. The molecule has 4 aromatic carbocycles. The van der Waals surface area contributed by atoms with Crippen LogP contribution in [-0.2, 0) is 13.1 Å². The summed E-state index contributed by atoms with van der Waals surface area (Å²) in [4.78, 5) is 24.2. The number of rotatable bonds is 6. The summed E-state index contributed by atoms with van der Waals surface area (Å²) in [7, 11) is 0. The van der Waals surface area contributed by atoms with Gasteiger partial charge in [0.25, 0.3) is 0 Å². The smallest absolute Gasteiger partial charge is 0.326 e. The Balaban J connectivity index is 1.60. The fourth-order valence-corrected chi connectivity index (χ4v) is 3.85. The summed E-state index contributed by atoms with van der Waals surface area (Å²) < 4.78 is 6.18. The van der Waals surface area contributed by atoms with Gasteiger partial charge in [-0.3, -0.25) is 0 Å². The standard InChI is InChI=1S/C30H23N5O2/c31-19-24-15-7-9-17-26(24)33-28-25-16-8-10-18-27(25)34-30(37-28)35(21-23-13-5-2-6-14-23)29(36)32-20-22-11-3-1-4-12-22/h1-18H,20-21H2,(H,32,36). The molecule has 37 heavy (non-hydrogen) atoms. The molecule has 5 aromatic rings. The van der Waals surface area contributed by atoms with Crippen molar-refractivity contribution >= 4 is 28.6 Å². The van der Waals surface area contributed by atoms with Gasteiger partial charge in [-0.25, -0.2) is 14.7 Å². The molecule has 0 saturated carbocycles. The molecule has 180 valence electrons. The first-order valence-electron chi connectivity index (χ1n) is 11.8. The molecule has 0 fully saturated rings. The number of carbonyl (C=O) groups is 1. The molecule has 0 bridgehead atoms. The van der Waals surface area contributed by atoms with Crippen LogP contribution in [0.3, 0.4) is 0 Å². The van der Waals surface area contributed by atoms with E-state index in [2.05, 4.69) is 21.4 Å². The fourth-order valence-electron chi connectivity index (χ4n) is 3.85. The van der Waals surface area contributed by atoms with Crippen molar-refractivity contribution in [2.75, 3.05) is 4.90 Å². The van der Waals surface area contributed by atoms with E-state index in [4.69, 9.17) is 4.42 Å². The predicted octanol–water partition coefficient (Wildman–Crippen LogP) is 5.85. The van der Waals surface area contributed by atoms with E-state index in [1.807, 2.05) is 91.0 Å². The Hall–Kier alpha value is -5.22. The number of urea groups is 1. The first-order valence-corrected chi connectivity index (χ1v) is 11.8. The molecule has 5 rings (SSSR count). The highest BCUT2D eigenvalue weighted by atomic mass is 16.4. The zero-order valence-electron chi connectivity index (χ0n) is 19.9. The summed E-state index contributed by atoms with van der Waals surface area (Å²) in [5.41, 5.74) is 3.66. The van der Waals surface area contributed by atoms with E-state index in [0.717, 1.165) is 11.1 Å². The quantitative estimate of drug-likeness (QED) is 0.326. The van der Waals surface area contributed by atoms with E-state index in [9.17, 15) is 10.1 Å². The van der Waals surface area contributed by atoms with Crippen LogP contribution in [0.2, 0.25) is 0 Å². The van der Waals surface area contributed by atoms with Crippen molar-refractivity contribution in [3.05, 3.63) is 131 Å². The molecular weight excluding hydrogens is 462 g/mol. The van der Waals surface area contributed by atoms with Crippen molar-refractivity contribution in [3.8, 4) is 6.07 Å². The Labute approximate surface area is 214 Å². The highest BCUT2D eigenvalue weighted by Gasteiger charge is 2.21. The topological polar surface area (TPSA) is 94.5 Å². The Kier molecular flexibility index (Phi) is 7.00. The molecule has 0 aliphatic heterocycles. The lowest BCUT2D eigenvalue weighted by atomic mass is 10.2. The highest BCUT2D eigenvalue weighted by molar-refractivity contribution is 5.90. The molecule has 0 spiro atoms. The van der Waals surface area contributed by atoms with E-state index in [-0.39, 0.29) is 24.1 Å². The molecule has 7 nitrogen and oxygen atoms in total. The minimum atomic E-state index is -0.359. The zero-order chi connectivity index (χ0) is 25.5. The maximum atomic E-state index is 13.5. The lowest BCUT2D eigenvalue weighted by Crippen LogP contribution is -2.40. The van der Waals surface area contributed by atoms with Crippen molar-refractivity contribution in [2.45, 2.75) is 13.1 Å². The first kappa shape index (κ1) is 23.5. The van der Waals surface area contributed by atoms with Gasteiger partial charge in [0.2, 0.25) is 5.55 Å². The zero-order valence-corrected chi connectivity index (χ0v) is 19.9. The third-order valence-electron chi connectivity index (χ3n) is 5.73. The number of benzene rings is 4. The van der Waals surface area contributed by atoms with Crippen LogP contribution >= 0.6 is 0 Å². The molecule has 0 unspecified atom stereocenters. The minimum Gasteiger partial charge on any atom is -0.406 e. The van der Waals surface area contributed by atoms with Crippen LogP contribution in [0.4, 0.5) is 16.5 Å². The normalized spacial score (nSPS) is 11.2. The van der Waals surface area contributed by atoms with Crippen LogP contribution in [-0.4, -0.2) is 11.0 Å². The molecule has 0 aliphatic rings. The number of nitrogens with zero attached hydrogens (tertiary/aromatic N) is 4. The number of nitrogens with one attached hydrogen (secondary N) is 1. The van der Waals surface area contributed by atoms with Gasteiger partial charge < -0.3 is 9.73 Å². The van der Waals surface area contributed by atoms with Crippen molar-refractivity contribution < 1.29 is 9.21 Å². The summed E-state index contributed by atoms with van der Waals surface area (Å²) in [6.07, 6.45) is 0. The number of carbonyl (C=O) groups excluding carboxylic acids is 1. The number of fused-ring (bicyclic) bond motifs is 1. The van der Waals surface area contributed by atoms with E-state index in [1.54, 1.807) is 18.2 Å². The summed E-state index contributed by atoms with van der Waals surface area (Å²) in [6.45, 7) is 0.593. The molecule has 0 saturated heterocycles. The lowest BCUT2D eigenvalue weighted by molar-refractivity contribution is 0.243. The second-order valence-electron chi connectivity index (χ2n) is 8.28. The van der Waals surface area contributed by atoms with E-state index in [1.165, 1.54) is 4.90 Å². The summed E-state index contributed by atoms with van der Waals surface area (Å²) in [5, 5.41) is 13.2. The molecule has 0 atom stereocenters. The largest absolute Gasteiger partial charge is 0.406 e. The van der Waals surface area contributed by atoms with Gasteiger partial charge >= 0.3 is 12.0 Å². The Bertz CT molecular complexity index is 1640. The molecule has 1 N–H and O–H groups in total. The average molecular weight is 486 g/mol. The van der Waals surface area contributed by atoms with Crippen LogP contribution in [0.1, 0.15) is 16.7 Å². The van der Waals surface area contributed by atoms with Crippen LogP contribution in [0.5, 0.6) is 0 Å². The minimum absolute atomic E-state index is 0.0984. The number of amides is 2. The van der Waals surface area contributed by atoms with Crippen LogP contribution in [0.15, 0.2) is 119 Å². The first-order chi connectivity index (χ1) is 18.2. The highest BCUT2D eigenvalue weighted by Crippen LogP contribution is 2.21. The van der Waals surface area contributed by atoms with Crippen molar-refractivity contribution in [1.29, 1.82) is 5.26 Å². The van der Waals surface area contributed by atoms with Gasteiger partial charge in [0, 0.05) is 6.54 Å². The van der Waals surface area contributed by atoms with Crippen LogP contribution < -0.4 is 15.8 Å². The number of para-hydroxylation sites is 2. The van der Waals surface area contributed by atoms with Crippen molar-refractivity contribution in [3.63, 3.8) is 0 Å². The number of anilines is 1. The van der Waals surface area contributed by atoms with E-state index in [0.29, 0.717) is 28.7 Å². The number of aromatic nitrogens is 1. The van der Waals surface area contributed by atoms with Gasteiger partial charge in [-0.2, -0.15) is 10.2 Å². The lowest BCUT2D eigenvalue weighted by Gasteiger charge is -2.21. The number of nitriles is 1. The molecule has 0 radical (unpaired) electrons. The Morgan fingerprint density at radius 2 is 1.51 bits per heavy atom. The monoisotopic (exact) mass is 485 g/mol. The fraction of sp³-hybridized carbons (Fsp3) is 0.0667. The van der Waals surface area contributed by atoms with Crippen LogP contribution in [0.25, 0.3) is 10.9 Å². The van der Waals surface area contributed by atoms with Crippen LogP contribution in [0, 0.1) is 11.3 Å². The SMILES string of the molecule is N#Cc1ccccc1N=c1oc(N(Cc2ccccc2)C(=O)NCc2ccccc2)nc2ccccc12. The van der Waals surface area contributed by atoms with Crippen molar-refractivity contribution in [2.24, 2.45) is 4.99 Å². The molecule has 1 heterocycles. The Morgan fingerprint density at radius 1 is 0.865 bits per heavy atom. The van der Waals surface area contributed by atoms with Gasteiger partial charge in [0.1, 0.15) is 6.07 Å². The van der Waals surface area contributed by atoms with E-state index < -0.39 is 0 Å². The maximum Gasteiger partial charge on any atom is 0.326 e. The van der Waals surface area contributed by atoms with Crippen molar-refractivity contribution in [1.82, 2.24) is 10.3 Å². The molecule has 2 amide bonds. The summed E-state index contributed by atoms with van der Waals surface area (Å²) in [6, 6.07) is 35.7. The second-order valence-corrected chi connectivity index (χ2v) is 8.28. The van der Waals surface area contributed by atoms with E-state index >= 15 is 0 Å². The molecule has 0 aliphatic carbocycles. The van der Waals surface area contributed by atoms with Gasteiger partial charge in [-0.15, -0.1) is 0 Å². The third kappa shape index (κ3) is 5.55. The summed E-state index contributed by atoms with van der Waals surface area (Å²) in [5.74, 6) is 0. The summed E-state index contributed by atoms with van der Waals surface area (Å²) >= 11 is 0. The van der Waals surface area contributed by atoms with Gasteiger partial charge in [0.05, 0.1) is 28.7 Å². The van der Waals surface area contributed by atoms with Gasteiger partial charge in [-0.05, 0) is 35.4 Å². The molecular formula is C30H23N5O2. The predicted molar refractivity (Wildman–Crippen MR) is 142 cm³/mol.